The first-order valence-corrected chi connectivity index (χ1v) is 5.67. The van der Waals surface area contributed by atoms with Gasteiger partial charge in [-0.05, 0) is 31.7 Å². The molecule has 1 atom stereocenters. The molecule has 4 nitrogen and oxygen atoms in total. The smallest absolute Gasteiger partial charge is 0.255 e. The first kappa shape index (κ1) is 11.2. The summed E-state index contributed by atoms with van der Waals surface area (Å²) in [5.41, 5.74) is 1.56. The lowest BCUT2D eigenvalue weighted by molar-refractivity contribution is 0.0645. The number of amides is 1. The molecule has 1 aromatic heterocycles. The fourth-order valence-corrected chi connectivity index (χ4v) is 1.88. The van der Waals surface area contributed by atoms with Gasteiger partial charge in [0.2, 0.25) is 0 Å². The van der Waals surface area contributed by atoms with E-state index in [4.69, 9.17) is 0 Å². The third kappa shape index (κ3) is 2.27. The summed E-state index contributed by atoms with van der Waals surface area (Å²) >= 11 is 0. The molecule has 2 N–H and O–H groups in total. The topological polar surface area (TPSA) is 56.3 Å². The number of aliphatic hydroxyl groups excluding tert-OH is 1. The van der Waals surface area contributed by atoms with E-state index in [2.05, 4.69) is 4.98 Å². The van der Waals surface area contributed by atoms with E-state index in [9.17, 15) is 9.90 Å². The number of carbonyl (C=O) groups excluding carboxylic acids is 1. The number of aliphatic hydroxyl groups is 1. The van der Waals surface area contributed by atoms with E-state index in [0.29, 0.717) is 18.0 Å². The largest absolute Gasteiger partial charge is 0.391 e. The van der Waals surface area contributed by atoms with Gasteiger partial charge in [0, 0.05) is 25.5 Å². The summed E-state index contributed by atoms with van der Waals surface area (Å²) in [4.78, 5) is 16.6. The summed E-state index contributed by atoms with van der Waals surface area (Å²) in [5, 5.41) is 9.77. The third-order valence-corrected chi connectivity index (χ3v) is 3.16. The maximum Gasteiger partial charge on any atom is 0.255 e. The van der Waals surface area contributed by atoms with Crippen molar-refractivity contribution in [2.45, 2.75) is 25.9 Å². The van der Waals surface area contributed by atoms with Crippen LogP contribution in [0.5, 0.6) is 0 Å². The summed E-state index contributed by atoms with van der Waals surface area (Å²) in [6.07, 6.45) is 3.57. The van der Waals surface area contributed by atoms with Crippen LogP contribution in [0.2, 0.25) is 0 Å². The first-order chi connectivity index (χ1) is 7.59. The van der Waals surface area contributed by atoms with Crippen molar-refractivity contribution in [3.8, 4) is 0 Å². The highest BCUT2D eigenvalue weighted by atomic mass is 16.3. The minimum Gasteiger partial charge on any atom is -0.391 e. The number of hydrogen-bond acceptors (Lipinski definition) is 2. The quantitative estimate of drug-likeness (QED) is 0.803. The van der Waals surface area contributed by atoms with Crippen molar-refractivity contribution in [2.75, 3.05) is 13.6 Å². The highest BCUT2D eigenvalue weighted by Gasteiger charge is 2.31. The van der Waals surface area contributed by atoms with Crippen molar-refractivity contribution < 1.29 is 9.90 Å². The van der Waals surface area contributed by atoms with Crippen molar-refractivity contribution >= 4 is 5.91 Å². The van der Waals surface area contributed by atoms with Gasteiger partial charge in [0.15, 0.2) is 0 Å². The fourth-order valence-electron chi connectivity index (χ4n) is 1.88. The fraction of sp³-hybridized carbons (Fsp3) is 0.583. The molecule has 1 heterocycles. The molecule has 1 amide bonds. The zero-order valence-electron chi connectivity index (χ0n) is 9.73. The molecule has 1 aromatic rings. The summed E-state index contributed by atoms with van der Waals surface area (Å²) in [7, 11) is 1.74. The predicted molar refractivity (Wildman–Crippen MR) is 61.2 cm³/mol. The van der Waals surface area contributed by atoms with E-state index in [1.807, 2.05) is 6.92 Å². The number of aromatic nitrogens is 1. The first-order valence-electron chi connectivity index (χ1n) is 5.67. The van der Waals surface area contributed by atoms with Gasteiger partial charge in [0.1, 0.15) is 0 Å². The zero-order valence-corrected chi connectivity index (χ0v) is 9.73. The Morgan fingerprint density at radius 2 is 2.38 bits per heavy atom. The molecule has 0 saturated heterocycles. The van der Waals surface area contributed by atoms with Crippen LogP contribution in [0, 0.1) is 12.8 Å². The molecular weight excluding hydrogens is 204 g/mol. The second kappa shape index (κ2) is 4.29. The normalized spacial score (nSPS) is 17.2. The van der Waals surface area contributed by atoms with Crippen LogP contribution in [-0.2, 0) is 0 Å². The molecule has 16 heavy (non-hydrogen) atoms. The minimum absolute atomic E-state index is 0.0292. The van der Waals surface area contributed by atoms with Gasteiger partial charge in [-0.15, -0.1) is 0 Å². The van der Waals surface area contributed by atoms with E-state index in [-0.39, 0.29) is 12.0 Å². The zero-order chi connectivity index (χ0) is 11.7. The number of rotatable bonds is 4. The van der Waals surface area contributed by atoms with Crippen molar-refractivity contribution in [3.63, 3.8) is 0 Å². The Hall–Kier alpha value is -1.29. The highest BCUT2D eigenvalue weighted by molar-refractivity contribution is 5.95. The number of aryl methyl sites for hydroxylation is 1. The van der Waals surface area contributed by atoms with E-state index >= 15 is 0 Å². The molecule has 1 fully saturated rings. The van der Waals surface area contributed by atoms with Crippen molar-refractivity contribution in [2.24, 2.45) is 5.92 Å². The molecule has 0 aromatic carbocycles. The average Bonchev–Trinajstić information content (AvgIpc) is 3.01. The second-order valence-electron chi connectivity index (χ2n) is 4.61. The molecule has 0 spiro atoms. The Balaban J connectivity index is 1.96. The van der Waals surface area contributed by atoms with Gasteiger partial charge in [-0.3, -0.25) is 4.79 Å². The van der Waals surface area contributed by atoms with Crippen molar-refractivity contribution in [3.05, 3.63) is 23.5 Å². The lowest BCUT2D eigenvalue weighted by atomic mass is 10.2. The number of nitrogens with one attached hydrogen (secondary N) is 1. The Morgan fingerprint density at radius 1 is 1.69 bits per heavy atom. The lowest BCUT2D eigenvalue weighted by Crippen LogP contribution is -2.35. The molecule has 1 aliphatic carbocycles. The van der Waals surface area contributed by atoms with Gasteiger partial charge < -0.3 is 15.0 Å². The number of H-pyrrole nitrogens is 1. The van der Waals surface area contributed by atoms with Crippen molar-refractivity contribution in [1.29, 1.82) is 0 Å². The van der Waals surface area contributed by atoms with E-state index in [1.165, 1.54) is 0 Å². The summed E-state index contributed by atoms with van der Waals surface area (Å²) in [5.74, 6) is 0.376. The summed E-state index contributed by atoms with van der Waals surface area (Å²) in [6.45, 7) is 2.30. The lowest BCUT2D eigenvalue weighted by Gasteiger charge is -2.20. The Bertz CT molecular complexity index is 382. The van der Waals surface area contributed by atoms with Crippen LogP contribution >= 0.6 is 0 Å². The maximum atomic E-state index is 12.0. The molecule has 0 aliphatic heterocycles. The van der Waals surface area contributed by atoms with Gasteiger partial charge in [-0.1, -0.05) is 0 Å². The maximum absolute atomic E-state index is 12.0. The molecule has 1 unspecified atom stereocenters. The standard InChI is InChI=1S/C12H18N2O2/c1-8-10(5-6-13-8)12(16)14(2)7-11(15)9-3-4-9/h5-6,9,11,13,15H,3-4,7H2,1-2H3. The Kier molecular flexibility index (Phi) is 3.01. The number of hydrogen-bond donors (Lipinski definition) is 2. The van der Waals surface area contributed by atoms with Crippen LogP contribution in [0.4, 0.5) is 0 Å². The second-order valence-corrected chi connectivity index (χ2v) is 4.61. The van der Waals surface area contributed by atoms with E-state index in [1.54, 1.807) is 24.2 Å². The monoisotopic (exact) mass is 222 g/mol. The summed E-state index contributed by atoms with van der Waals surface area (Å²) < 4.78 is 0. The van der Waals surface area contributed by atoms with Crippen molar-refractivity contribution in [1.82, 2.24) is 9.88 Å². The Labute approximate surface area is 95.3 Å². The molecule has 2 rings (SSSR count). The van der Waals surface area contributed by atoms with Gasteiger partial charge in [0.05, 0.1) is 11.7 Å². The van der Waals surface area contributed by atoms with Crippen LogP contribution < -0.4 is 0 Å². The predicted octanol–water partition coefficient (Wildman–Crippen LogP) is 1.17. The number of carbonyl (C=O) groups is 1. The molecule has 1 aliphatic rings. The van der Waals surface area contributed by atoms with Gasteiger partial charge in [0.25, 0.3) is 5.91 Å². The molecule has 88 valence electrons. The number of nitrogens with zero attached hydrogens (tertiary/aromatic N) is 1. The van der Waals surface area contributed by atoms with Gasteiger partial charge >= 0.3 is 0 Å². The average molecular weight is 222 g/mol. The van der Waals surface area contributed by atoms with Gasteiger partial charge in [-0.25, -0.2) is 0 Å². The molecule has 0 bridgehead atoms. The van der Waals surface area contributed by atoms with E-state index < -0.39 is 0 Å². The minimum atomic E-state index is -0.367. The molecule has 4 heteroatoms. The summed E-state index contributed by atoms with van der Waals surface area (Å²) in [6, 6.07) is 1.78. The van der Waals surface area contributed by atoms with Crippen LogP contribution in [-0.4, -0.2) is 40.6 Å². The molecular formula is C12H18N2O2. The van der Waals surface area contributed by atoms with Crippen LogP contribution in [0.1, 0.15) is 28.9 Å². The van der Waals surface area contributed by atoms with E-state index in [0.717, 1.165) is 18.5 Å². The molecule has 1 saturated carbocycles. The van der Waals surface area contributed by atoms with Crippen LogP contribution in [0.25, 0.3) is 0 Å². The van der Waals surface area contributed by atoms with Crippen LogP contribution in [0.3, 0.4) is 0 Å². The van der Waals surface area contributed by atoms with Crippen LogP contribution in [0.15, 0.2) is 12.3 Å². The SMILES string of the molecule is Cc1[nH]ccc1C(=O)N(C)CC(O)C1CC1. The number of likely N-dealkylation sites (N-methyl/N-ethyl adjacent to an activating group) is 1. The third-order valence-electron chi connectivity index (χ3n) is 3.16. The highest BCUT2D eigenvalue weighted by Crippen LogP contribution is 2.32. The number of aromatic amines is 1. The Morgan fingerprint density at radius 3 is 2.88 bits per heavy atom. The van der Waals surface area contributed by atoms with Gasteiger partial charge in [-0.2, -0.15) is 0 Å². The molecule has 0 radical (unpaired) electrons.